The molecule has 0 radical (unpaired) electrons. The molecule has 0 saturated carbocycles. The predicted octanol–water partition coefficient (Wildman–Crippen LogP) is 4.12. The maximum absolute atomic E-state index is 4.61. The van der Waals surface area contributed by atoms with Gasteiger partial charge in [-0.25, -0.2) is 4.98 Å². The van der Waals surface area contributed by atoms with Crippen molar-refractivity contribution in [2.75, 3.05) is 16.8 Å². The fourth-order valence-electron chi connectivity index (χ4n) is 3.70. The summed E-state index contributed by atoms with van der Waals surface area (Å²) in [6.45, 7) is 5.85. The Morgan fingerprint density at radius 3 is 2.92 bits per heavy atom. The van der Waals surface area contributed by atoms with Crippen molar-refractivity contribution in [3.05, 3.63) is 72.3 Å². The van der Waals surface area contributed by atoms with Crippen LogP contribution >= 0.6 is 0 Å². The Kier molecular flexibility index (Phi) is 3.45. The summed E-state index contributed by atoms with van der Waals surface area (Å²) >= 11 is 0. The molecular formula is C21H19N5. The van der Waals surface area contributed by atoms with Gasteiger partial charge in [-0.3, -0.25) is 9.98 Å². The number of anilines is 2. The molecule has 1 fully saturated rings. The molecule has 2 aliphatic heterocycles. The second-order valence-electron chi connectivity index (χ2n) is 6.69. The summed E-state index contributed by atoms with van der Waals surface area (Å²) in [5.41, 5.74) is 4.26. The fraction of sp³-hybridized carbons (Fsp3) is 0.190. The third-order valence-corrected chi connectivity index (χ3v) is 5.01. The molecule has 2 aliphatic rings. The van der Waals surface area contributed by atoms with E-state index in [2.05, 4.69) is 56.0 Å². The third kappa shape index (κ3) is 2.44. The van der Waals surface area contributed by atoms with Gasteiger partial charge in [0.05, 0.1) is 6.54 Å². The molecule has 5 heteroatoms. The van der Waals surface area contributed by atoms with Gasteiger partial charge in [0.15, 0.2) is 5.84 Å². The highest BCUT2D eigenvalue weighted by Crippen LogP contribution is 2.32. The molecule has 5 nitrogen and oxygen atoms in total. The number of hydrogen-bond acceptors (Lipinski definition) is 5. The molecule has 3 aromatic rings. The number of nitrogens with one attached hydrogen (secondary N) is 1. The van der Waals surface area contributed by atoms with Crippen molar-refractivity contribution >= 4 is 28.1 Å². The molecule has 0 atom stereocenters. The summed E-state index contributed by atoms with van der Waals surface area (Å²) in [7, 11) is 0. The molecule has 5 rings (SSSR count). The average Bonchev–Trinajstić information content (AvgIpc) is 3.28. The van der Waals surface area contributed by atoms with Crippen molar-refractivity contribution in [3.8, 4) is 0 Å². The smallest absolute Gasteiger partial charge is 0.152 e. The van der Waals surface area contributed by atoms with E-state index in [1.165, 1.54) is 0 Å². The molecule has 0 amide bonds. The van der Waals surface area contributed by atoms with Crippen LogP contribution in [0, 0.1) is 0 Å². The number of rotatable bonds is 2. The SMILES string of the molecule is C=C1CCCN1c1nccc2cc(NC3=NCc4cccnc43)ccc12. The second kappa shape index (κ2) is 5.95. The van der Waals surface area contributed by atoms with Crippen molar-refractivity contribution in [1.29, 1.82) is 0 Å². The number of hydrogen-bond donors (Lipinski definition) is 1. The first-order valence-electron chi connectivity index (χ1n) is 8.89. The first-order chi connectivity index (χ1) is 12.8. The number of pyridine rings is 2. The number of aromatic nitrogens is 2. The minimum atomic E-state index is 0.685. The lowest BCUT2D eigenvalue weighted by atomic mass is 10.1. The van der Waals surface area contributed by atoms with E-state index in [-0.39, 0.29) is 0 Å². The van der Waals surface area contributed by atoms with E-state index in [9.17, 15) is 0 Å². The van der Waals surface area contributed by atoms with Gasteiger partial charge in [-0.1, -0.05) is 12.6 Å². The van der Waals surface area contributed by atoms with Gasteiger partial charge in [0.25, 0.3) is 0 Å². The van der Waals surface area contributed by atoms with Gasteiger partial charge in [0, 0.05) is 41.3 Å². The van der Waals surface area contributed by atoms with Gasteiger partial charge in [0.1, 0.15) is 11.5 Å². The number of benzene rings is 1. The molecule has 26 heavy (non-hydrogen) atoms. The first kappa shape index (κ1) is 15.1. The van der Waals surface area contributed by atoms with Crippen LogP contribution in [0.4, 0.5) is 11.5 Å². The molecule has 1 N–H and O–H groups in total. The fourth-order valence-corrected chi connectivity index (χ4v) is 3.70. The molecule has 2 aromatic heterocycles. The van der Waals surface area contributed by atoms with Gasteiger partial charge >= 0.3 is 0 Å². The highest BCUT2D eigenvalue weighted by molar-refractivity contribution is 6.10. The monoisotopic (exact) mass is 341 g/mol. The molecule has 128 valence electrons. The minimum absolute atomic E-state index is 0.685. The normalized spacial score (nSPS) is 16.1. The van der Waals surface area contributed by atoms with Gasteiger partial charge in [-0.2, -0.15) is 0 Å². The van der Waals surface area contributed by atoms with Gasteiger partial charge in [-0.05, 0) is 48.6 Å². The van der Waals surface area contributed by atoms with Crippen LogP contribution in [0.2, 0.25) is 0 Å². The summed E-state index contributed by atoms with van der Waals surface area (Å²) < 4.78 is 0. The maximum atomic E-state index is 4.61. The van der Waals surface area contributed by atoms with Crippen molar-refractivity contribution in [2.45, 2.75) is 19.4 Å². The number of allylic oxidation sites excluding steroid dienone is 1. The van der Waals surface area contributed by atoms with Crippen LogP contribution in [0.3, 0.4) is 0 Å². The first-order valence-corrected chi connectivity index (χ1v) is 8.89. The van der Waals surface area contributed by atoms with Crippen LogP contribution in [0.5, 0.6) is 0 Å². The molecule has 1 saturated heterocycles. The van der Waals surface area contributed by atoms with Crippen LogP contribution in [0.15, 0.2) is 66.1 Å². The summed E-state index contributed by atoms with van der Waals surface area (Å²) in [5.74, 6) is 1.84. The second-order valence-corrected chi connectivity index (χ2v) is 6.69. The zero-order chi connectivity index (χ0) is 17.5. The topological polar surface area (TPSA) is 53.4 Å². The zero-order valence-electron chi connectivity index (χ0n) is 14.4. The summed E-state index contributed by atoms with van der Waals surface area (Å²) in [6, 6.07) is 12.4. The van der Waals surface area contributed by atoms with Crippen LogP contribution in [-0.4, -0.2) is 22.3 Å². The van der Waals surface area contributed by atoms with E-state index in [0.29, 0.717) is 6.54 Å². The predicted molar refractivity (Wildman–Crippen MR) is 106 cm³/mol. The molecule has 0 spiro atoms. The van der Waals surface area contributed by atoms with E-state index in [1.54, 1.807) is 0 Å². The quantitative estimate of drug-likeness (QED) is 0.762. The average molecular weight is 341 g/mol. The highest BCUT2D eigenvalue weighted by Gasteiger charge is 2.20. The van der Waals surface area contributed by atoms with Crippen molar-refractivity contribution < 1.29 is 0 Å². The molecule has 0 unspecified atom stereocenters. The van der Waals surface area contributed by atoms with E-state index >= 15 is 0 Å². The number of aliphatic imine (C=N–C) groups is 1. The summed E-state index contributed by atoms with van der Waals surface area (Å²) in [5, 5.41) is 5.72. The Bertz CT molecular complexity index is 1050. The van der Waals surface area contributed by atoms with Crippen LogP contribution in [0.25, 0.3) is 10.8 Å². The van der Waals surface area contributed by atoms with Gasteiger partial charge in [0.2, 0.25) is 0 Å². The summed E-state index contributed by atoms with van der Waals surface area (Å²) in [6.07, 6.45) is 5.87. The third-order valence-electron chi connectivity index (χ3n) is 5.01. The van der Waals surface area contributed by atoms with E-state index in [0.717, 1.165) is 64.5 Å². The van der Waals surface area contributed by atoms with Crippen molar-refractivity contribution in [3.63, 3.8) is 0 Å². The Hall–Kier alpha value is -3.21. The lowest BCUT2D eigenvalue weighted by molar-refractivity contribution is 0.948. The molecule has 0 bridgehead atoms. The van der Waals surface area contributed by atoms with Gasteiger partial charge < -0.3 is 10.2 Å². The Labute approximate surface area is 152 Å². The number of amidine groups is 1. The van der Waals surface area contributed by atoms with E-state index < -0.39 is 0 Å². The number of fused-ring (bicyclic) bond motifs is 2. The lowest BCUT2D eigenvalue weighted by Crippen LogP contribution is -2.17. The lowest BCUT2D eigenvalue weighted by Gasteiger charge is -2.20. The highest BCUT2D eigenvalue weighted by atomic mass is 15.2. The summed E-state index contributed by atoms with van der Waals surface area (Å²) in [4.78, 5) is 15.9. The van der Waals surface area contributed by atoms with Crippen LogP contribution in [0.1, 0.15) is 24.1 Å². The molecular weight excluding hydrogens is 322 g/mol. The van der Waals surface area contributed by atoms with E-state index in [4.69, 9.17) is 0 Å². The largest absolute Gasteiger partial charge is 0.339 e. The zero-order valence-corrected chi connectivity index (χ0v) is 14.4. The maximum Gasteiger partial charge on any atom is 0.152 e. The Balaban J connectivity index is 1.49. The van der Waals surface area contributed by atoms with Crippen LogP contribution < -0.4 is 10.2 Å². The van der Waals surface area contributed by atoms with Crippen molar-refractivity contribution in [1.82, 2.24) is 9.97 Å². The number of nitrogens with zero attached hydrogens (tertiary/aromatic N) is 4. The van der Waals surface area contributed by atoms with Gasteiger partial charge in [-0.15, -0.1) is 0 Å². The van der Waals surface area contributed by atoms with E-state index in [1.807, 2.05) is 24.5 Å². The Morgan fingerprint density at radius 1 is 1.08 bits per heavy atom. The standard InChI is InChI=1S/C21H19N5/c1-14-4-3-11-26(14)21-18-7-6-17(12-15(18)8-10-23-21)25-20-19-16(13-24-20)5-2-9-22-19/h2,5-10,12H,1,3-4,11,13H2,(H,24,25). The Morgan fingerprint density at radius 2 is 2.04 bits per heavy atom. The van der Waals surface area contributed by atoms with Crippen molar-refractivity contribution in [2.24, 2.45) is 4.99 Å². The minimum Gasteiger partial charge on any atom is -0.339 e. The molecule has 0 aliphatic carbocycles. The van der Waals surface area contributed by atoms with Crippen LogP contribution in [-0.2, 0) is 6.54 Å². The molecule has 4 heterocycles. The molecule has 1 aromatic carbocycles.